The number of nitrogens with one attached hydrogen (secondary N) is 2. The number of rotatable bonds is 10. The fourth-order valence-electron chi connectivity index (χ4n) is 2.83. The van der Waals surface area contributed by atoms with E-state index in [0.717, 1.165) is 11.2 Å². The molecule has 1 heterocycles. The number of halogens is 1. The van der Waals surface area contributed by atoms with Gasteiger partial charge < -0.3 is 14.8 Å². The number of hydrazone groups is 1. The maximum absolute atomic E-state index is 13.0. The van der Waals surface area contributed by atoms with E-state index in [-0.39, 0.29) is 17.2 Å². The number of esters is 1. The molecule has 2 aromatic carbocycles. The zero-order valence-electron chi connectivity index (χ0n) is 19.5. The van der Waals surface area contributed by atoms with Crippen LogP contribution in [0.1, 0.15) is 22.3 Å². The fourth-order valence-corrected chi connectivity index (χ4v) is 3.95. The Hall–Kier alpha value is -4.15. The number of amides is 2. The summed E-state index contributed by atoms with van der Waals surface area (Å²) >= 11 is 4.77. The van der Waals surface area contributed by atoms with Gasteiger partial charge in [0, 0.05) is 20.5 Å². The van der Waals surface area contributed by atoms with Gasteiger partial charge in [-0.25, -0.2) is 10.2 Å². The maximum atomic E-state index is 13.0. The molecule has 0 saturated carbocycles. The molecule has 0 aromatic heterocycles. The lowest BCUT2D eigenvalue weighted by Gasteiger charge is -2.11. The number of hydrogen-bond donors (Lipinski definition) is 2. The molecule has 1 aliphatic heterocycles. The van der Waals surface area contributed by atoms with E-state index >= 15 is 0 Å². The van der Waals surface area contributed by atoms with Crippen LogP contribution >= 0.6 is 27.7 Å². The van der Waals surface area contributed by atoms with Crippen molar-refractivity contribution in [3.63, 3.8) is 0 Å². The molecule has 10 heteroatoms. The van der Waals surface area contributed by atoms with Crippen molar-refractivity contribution in [2.45, 2.75) is 6.42 Å². The van der Waals surface area contributed by atoms with Crippen LogP contribution in [0.25, 0.3) is 0 Å². The van der Waals surface area contributed by atoms with Crippen LogP contribution in [-0.2, 0) is 14.3 Å². The quantitative estimate of drug-likeness (QED) is 0.0984. The van der Waals surface area contributed by atoms with Gasteiger partial charge in [0.05, 0.1) is 12.5 Å². The van der Waals surface area contributed by atoms with Crippen LogP contribution in [0.5, 0.6) is 5.75 Å². The maximum Gasteiger partial charge on any atom is 0.378 e. The van der Waals surface area contributed by atoms with E-state index in [0.29, 0.717) is 22.0 Å². The number of ether oxygens (including phenoxy) is 2. The predicted molar refractivity (Wildman–Crippen MR) is 147 cm³/mol. The lowest BCUT2D eigenvalue weighted by atomic mass is 10.2. The van der Waals surface area contributed by atoms with Gasteiger partial charge in [0.1, 0.15) is 11.4 Å². The summed E-state index contributed by atoms with van der Waals surface area (Å²) in [7, 11) is 0. The molecule has 3 rings (SSSR count). The summed E-state index contributed by atoms with van der Waals surface area (Å²) in [4.78, 5) is 38.6. The van der Waals surface area contributed by atoms with Crippen molar-refractivity contribution in [1.29, 1.82) is 0 Å². The van der Waals surface area contributed by atoms with Crippen molar-refractivity contribution in [2.24, 2.45) is 5.10 Å². The largest absolute Gasteiger partial charge is 0.459 e. The second-order valence-electron chi connectivity index (χ2n) is 7.19. The Bertz CT molecular complexity index is 1330. The Kier molecular flexibility index (Phi) is 10.2. The topological polar surface area (TPSA) is 106 Å². The summed E-state index contributed by atoms with van der Waals surface area (Å²) in [6.07, 6.45) is 8.57. The molecule has 1 aliphatic rings. The van der Waals surface area contributed by atoms with Gasteiger partial charge in [0.2, 0.25) is 5.76 Å². The molecular formula is C27H22BrN3O5S. The van der Waals surface area contributed by atoms with Gasteiger partial charge in [-0.2, -0.15) is 5.10 Å². The van der Waals surface area contributed by atoms with Gasteiger partial charge >= 0.3 is 5.97 Å². The zero-order chi connectivity index (χ0) is 26.6. The van der Waals surface area contributed by atoms with Crippen LogP contribution in [0.15, 0.2) is 118 Å². The predicted octanol–water partition coefficient (Wildman–Crippen LogP) is 5.33. The first-order valence-electron chi connectivity index (χ1n) is 10.8. The molecule has 0 radical (unpaired) electrons. The Balaban J connectivity index is 1.77. The number of carbonyl (C=O) groups is 3. The smallest absolute Gasteiger partial charge is 0.378 e. The molecule has 0 aliphatic carbocycles. The number of thioether (sulfide) groups is 1. The lowest BCUT2D eigenvalue weighted by molar-refractivity contribution is -0.133. The molecule has 2 N–H and O–H groups in total. The van der Waals surface area contributed by atoms with Gasteiger partial charge in [0.15, 0.2) is 0 Å². The average Bonchev–Trinajstić information content (AvgIpc) is 2.90. The molecule has 0 saturated heterocycles. The third kappa shape index (κ3) is 8.48. The Labute approximate surface area is 226 Å². The summed E-state index contributed by atoms with van der Waals surface area (Å²) in [5.41, 5.74) is 3.19. The van der Waals surface area contributed by atoms with Crippen LogP contribution in [0.4, 0.5) is 0 Å². The molecule has 2 aromatic rings. The second-order valence-corrected chi connectivity index (χ2v) is 9.08. The molecule has 188 valence electrons. The minimum atomic E-state index is -0.818. The van der Waals surface area contributed by atoms with Gasteiger partial charge in [0.25, 0.3) is 11.8 Å². The van der Waals surface area contributed by atoms with Gasteiger partial charge in [-0.15, -0.1) is 0 Å². The first kappa shape index (κ1) is 27.4. The van der Waals surface area contributed by atoms with Crippen LogP contribution in [0, 0.1) is 0 Å². The number of hydrogen-bond acceptors (Lipinski definition) is 7. The van der Waals surface area contributed by atoms with Crippen molar-refractivity contribution in [3.8, 4) is 5.75 Å². The summed E-state index contributed by atoms with van der Waals surface area (Å²) < 4.78 is 10.8. The molecule has 0 atom stereocenters. The fraction of sp³-hybridized carbons (Fsp3) is 0.0370. The van der Waals surface area contributed by atoms with E-state index in [1.807, 2.05) is 17.6 Å². The minimum Gasteiger partial charge on any atom is -0.459 e. The van der Waals surface area contributed by atoms with E-state index in [9.17, 15) is 14.4 Å². The molecule has 0 spiro atoms. The Morgan fingerprint density at radius 1 is 1.14 bits per heavy atom. The van der Waals surface area contributed by atoms with Crippen molar-refractivity contribution in [2.75, 3.05) is 0 Å². The normalized spacial score (nSPS) is 12.9. The van der Waals surface area contributed by atoms with E-state index in [4.69, 9.17) is 9.47 Å². The van der Waals surface area contributed by atoms with Crippen molar-refractivity contribution >= 4 is 51.7 Å². The van der Waals surface area contributed by atoms with E-state index in [2.05, 4.69) is 44.9 Å². The lowest BCUT2D eigenvalue weighted by Crippen LogP contribution is -2.33. The highest BCUT2D eigenvalue weighted by atomic mass is 79.9. The molecular weight excluding hydrogens is 558 g/mol. The minimum absolute atomic E-state index is 0.0128. The van der Waals surface area contributed by atoms with E-state index in [1.165, 1.54) is 24.0 Å². The average molecular weight is 580 g/mol. The van der Waals surface area contributed by atoms with E-state index in [1.54, 1.807) is 48.5 Å². The highest BCUT2D eigenvalue weighted by Gasteiger charge is 2.16. The van der Waals surface area contributed by atoms with Crippen LogP contribution < -0.4 is 15.5 Å². The standard InChI is InChI=1S/C27H22BrN3O5S/c1-3-35-18(2)27(34)36-24-13-12-21(28)15-20(24)17-29-31-26(33)23(16-22-11-7-8-14-37-22)30-25(32)19-9-5-4-6-10-19/h3-6,8-17H,1-2,7H2,(H,30,32)(H,31,33)/b23-16+,29-17+. The summed E-state index contributed by atoms with van der Waals surface area (Å²) in [5.74, 6) is -1.99. The monoisotopic (exact) mass is 579 g/mol. The molecule has 0 bridgehead atoms. The van der Waals surface area contributed by atoms with Crippen molar-refractivity contribution in [1.82, 2.24) is 10.7 Å². The number of allylic oxidation sites excluding steroid dienone is 3. The summed E-state index contributed by atoms with van der Waals surface area (Å²) in [6, 6.07) is 13.4. The van der Waals surface area contributed by atoms with Crippen LogP contribution in [0.3, 0.4) is 0 Å². The number of nitrogens with zero attached hydrogens (tertiary/aromatic N) is 1. The second kappa shape index (κ2) is 13.8. The highest BCUT2D eigenvalue weighted by molar-refractivity contribution is 9.10. The van der Waals surface area contributed by atoms with Crippen LogP contribution in [0.2, 0.25) is 0 Å². The summed E-state index contributed by atoms with van der Waals surface area (Å²) in [5, 5.41) is 8.54. The number of carbonyl (C=O) groups excluding carboxylic acids is 3. The first-order valence-corrected chi connectivity index (χ1v) is 12.5. The first-order chi connectivity index (χ1) is 17.9. The van der Waals surface area contributed by atoms with Crippen LogP contribution in [-0.4, -0.2) is 24.0 Å². The Morgan fingerprint density at radius 3 is 2.62 bits per heavy atom. The van der Waals surface area contributed by atoms with Gasteiger partial charge in [-0.05, 0) is 54.8 Å². The summed E-state index contributed by atoms with van der Waals surface area (Å²) in [6.45, 7) is 6.83. The number of benzene rings is 2. The zero-order valence-corrected chi connectivity index (χ0v) is 21.9. The van der Waals surface area contributed by atoms with Crippen molar-refractivity contribution in [3.05, 3.63) is 124 Å². The third-order valence-electron chi connectivity index (χ3n) is 4.57. The molecule has 0 fully saturated rings. The van der Waals surface area contributed by atoms with Crippen molar-refractivity contribution < 1.29 is 23.9 Å². The highest BCUT2D eigenvalue weighted by Crippen LogP contribution is 2.25. The molecule has 2 amide bonds. The van der Waals surface area contributed by atoms with Gasteiger partial charge in [-0.1, -0.05) is 64.6 Å². The SMILES string of the molecule is C=COC(=C)C(=O)Oc1ccc(Br)cc1/C=N/NC(=O)/C(=C\C1=CCC=CS1)NC(=O)c1ccccc1. The Morgan fingerprint density at radius 2 is 1.92 bits per heavy atom. The molecule has 37 heavy (non-hydrogen) atoms. The molecule has 8 nitrogen and oxygen atoms in total. The third-order valence-corrected chi connectivity index (χ3v) is 5.95. The van der Waals surface area contributed by atoms with E-state index < -0.39 is 17.8 Å². The van der Waals surface area contributed by atoms with Gasteiger partial charge in [-0.3, -0.25) is 9.59 Å². The molecule has 0 unspecified atom stereocenters.